The van der Waals surface area contributed by atoms with Crippen LogP contribution in [-0.2, 0) is 21.0 Å². The molecule has 3 aromatic rings. The number of nitrogens with zero attached hydrogens (tertiary/aromatic N) is 1. The van der Waals surface area contributed by atoms with Gasteiger partial charge >= 0.3 is 12.1 Å². The molecule has 0 bridgehead atoms. The molecule has 13 heteroatoms. The summed E-state index contributed by atoms with van der Waals surface area (Å²) in [5.41, 5.74) is -0.493. The Morgan fingerprint density at radius 3 is 2.36 bits per heavy atom. The van der Waals surface area contributed by atoms with Crippen molar-refractivity contribution in [1.82, 2.24) is 0 Å². The average molecular weight is 479 g/mol. The van der Waals surface area contributed by atoms with Crippen LogP contribution in [0.2, 0.25) is 0 Å². The largest absolute Gasteiger partial charge is 0.433 e. The van der Waals surface area contributed by atoms with Gasteiger partial charge in [-0.25, -0.2) is 8.42 Å². The molecule has 170 valence electrons. The van der Waals surface area contributed by atoms with Crippen LogP contribution in [0.3, 0.4) is 0 Å². The van der Waals surface area contributed by atoms with Crippen molar-refractivity contribution in [3.05, 3.63) is 81.6 Å². The Kier molecular flexibility index (Phi) is 5.20. The van der Waals surface area contributed by atoms with Crippen LogP contribution in [-0.4, -0.2) is 19.2 Å². The van der Waals surface area contributed by atoms with Gasteiger partial charge in [-0.3, -0.25) is 19.6 Å². The SMILES string of the molecule is O=C1Nc2ccc(S(=O)(=O)Nc3ccc(C(F)(F)F)cc3)cc2C1=Cc1ccc([N+](=O)[O-])o1. The minimum absolute atomic E-state index is 0.0100. The molecule has 0 atom stereocenters. The Morgan fingerprint density at radius 1 is 1.06 bits per heavy atom. The molecular formula is C20H12F3N3O6S. The number of hydrogen-bond donors (Lipinski definition) is 2. The Bertz CT molecular complexity index is 1410. The maximum Gasteiger partial charge on any atom is 0.433 e. The molecule has 0 unspecified atom stereocenters. The minimum Gasteiger partial charge on any atom is -0.401 e. The van der Waals surface area contributed by atoms with Gasteiger partial charge in [-0.05, 0) is 54.6 Å². The second-order valence-electron chi connectivity index (χ2n) is 6.83. The van der Waals surface area contributed by atoms with Crippen molar-refractivity contribution >= 4 is 44.8 Å². The average Bonchev–Trinajstić information content (AvgIpc) is 3.32. The maximum atomic E-state index is 12.8. The first-order valence-electron chi connectivity index (χ1n) is 9.06. The van der Waals surface area contributed by atoms with E-state index in [1.54, 1.807) is 0 Å². The first-order valence-corrected chi connectivity index (χ1v) is 10.5. The van der Waals surface area contributed by atoms with E-state index in [1.165, 1.54) is 30.3 Å². The molecule has 0 spiro atoms. The summed E-state index contributed by atoms with van der Waals surface area (Å²) in [5, 5.41) is 13.3. The van der Waals surface area contributed by atoms with Crippen molar-refractivity contribution in [3.8, 4) is 0 Å². The first kappa shape index (κ1) is 22.1. The second-order valence-corrected chi connectivity index (χ2v) is 8.52. The number of halogens is 3. The van der Waals surface area contributed by atoms with E-state index in [4.69, 9.17) is 4.42 Å². The summed E-state index contributed by atoms with van der Waals surface area (Å²) in [7, 11) is -4.21. The zero-order chi connectivity index (χ0) is 24.0. The number of anilines is 2. The topological polar surface area (TPSA) is 132 Å². The van der Waals surface area contributed by atoms with Crippen molar-refractivity contribution in [2.75, 3.05) is 10.0 Å². The quantitative estimate of drug-likeness (QED) is 0.315. The highest BCUT2D eigenvalue weighted by Gasteiger charge is 2.30. The molecule has 0 saturated heterocycles. The molecule has 0 saturated carbocycles. The van der Waals surface area contributed by atoms with Gasteiger partial charge in [0.15, 0.2) is 0 Å². The van der Waals surface area contributed by atoms with Crippen molar-refractivity contribution in [2.24, 2.45) is 0 Å². The highest BCUT2D eigenvalue weighted by Crippen LogP contribution is 2.36. The predicted molar refractivity (Wildman–Crippen MR) is 111 cm³/mol. The normalized spacial score (nSPS) is 14.8. The number of amides is 1. The standard InChI is InChI=1S/C20H12F3N3O6S/c21-20(22,23)11-1-3-12(4-2-11)25-33(30,31)14-6-7-17-15(10-14)16(19(27)24-17)9-13-5-8-18(32-13)26(28)29/h1-10,25H,(H,24,27). The highest BCUT2D eigenvalue weighted by atomic mass is 32.2. The minimum atomic E-state index is -4.56. The van der Waals surface area contributed by atoms with Gasteiger partial charge in [0.25, 0.3) is 15.9 Å². The molecule has 1 aromatic heterocycles. The van der Waals surface area contributed by atoms with Gasteiger partial charge in [-0.2, -0.15) is 13.2 Å². The van der Waals surface area contributed by atoms with E-state index >= 15 is 0 Å². The van der Waals surface area contributed by atoms with Gasteiger partial charge < -0.3 is 9.73 Å². The van der Waals surface area contributed by atoms with Crippen molar-refractivity contribution in [1.29, 1.82) is 0 Å². The molecule has 0 fully saturated rings. The van der Waals surface area contributed by atoms with E-state index in [9.17, 15) is 36.5 Å². The summed E-state index contributed by atoms with van der Waals surface area (Å²) in [4.78, 5) is 22.1. The number of benzene rings is 2. The lowest BCUT2D eigenvalue weighted by Gasteiger charge is -2.11. The Morgan fingerprint density at radius 2 is 1.76 bits per heavy atom. The Labute approximate surface area is 183 Å². The summed E-state index contributed by atoms with van der Waals surface area (Å²) in [6.45, 7) is 0. The lowest BCUT2D eigenvalue weighted by atomic mass is 10.1. The Balaban J connectivity index is 1.65. The zero-order valence-electron chi connectivity index (χ0n) is 16.2. The second kappa shape index (κ2) is 7.78. The fourth-order valence-corrected chi connectivity index (χ4v) is 4.16. The summed E-state index contributed by atoms with van der Waals surface area (Å²) in [6, 6.07) is 9.59. The van der Waals surface area contributed by atoms with Gasteiger partial charge in [0.2, 0.25) is 0 Å². The molecule has 1 amide bonds. The third-order valence-corrected chi connectivity index (χ3v) is 6.01. The summed E-state index contributed by atoms with van der Waals surface area (Å²) < 4.78 is 70.8. The van der Waals surface area contributed by atoms with E-state index < -0.39 is 38.5 Å². The van der Waals surface area contributed by atoms with Gasteiger partial charge in [-0.15, -0.1) is 0 Å². The molecule has 2 N–H and O–H groups in total. The smallest absolute Gasteiger partial charge is 0.401 e. The lowest BCUT2D eigenvalue weighted by Crippen LogP contribution is -2.13. The predicted octanol–water partition coefficient (Wildman–Crippen LogP) is 4.50. The van der Waals surface area contributed by atoms with Crippen LogP contribution in [0.15, 0.2) is 63.9 Å². The Hall–Kier alpha value is -4.13. The summed E-state index contributed by atoms with van der Waals surface area (Å²) in [6.07, 6.45) is -3.33. The summed E-state index contributed by atoms with van der Waals surface area (Å²) >= 11 is 0. The fourth-order valence-electron chi connectivity index (χ4n) is 3.08. The third-order valence-electron chi connectivity index (χ3n) is 4.63. The van der Waals surface area contributed by atoms with E-state index in [2.05, 4.69) is 10.0 Å². The van der Waals surface area contributed by atoms with Crippen LogP contribution in [0.5, 0.6) is 0 Å². The molecule has 2 heterocycles. The van der Waals surface area contributed by atoms with Crippen molar-refractivity contribution in [3.63, 3.8) is 0 Å². The van der Waals surface area contributed by atoms with Gasteiger partial charge in [0.1, 0.15) is 10.7 Å². The first-order chi connectivity index (χ1) is 15.4. The molecule has 1 aliphatic rings. The highest BCUT2D eigenvalue weighted by molar-refractivity contribution is 7.92. The lowest BCUT2D eigenvalue weighted by molar-refractivity contribution is -0.402. The molecule has 1 aliphatic heterocycles. The van der Waals surface area contributed by atoms with Crippen molar-refractivity contribution < 1.29 is 35.7 Å². The molecule has 9 nitrogen and oxygen atoms in total. The van der Waals surface area contributed by atoms with Crippen LogP contribution in [0.4, 0.5) is 30.4 Å². The molecule has 2 aromatic carbocycles. The molecule has 4 rings (SSSR count). The number of fused-ring (bicyclic) bond motifs is 1. The molecule has 33 heavy (non-hydrogen) atoms. The number of alkyl halides is 3. The molecule has 0 aliphatic carbocycles. The van der Waals surface area contributed by atoms with Gasteiger partial charge in [0.05, 0.1) is 22.1 Å². The van der Waals surface area contributed by atoms with E-state index in [-0.39, 0.29) is 27.5 Å². The number of nitrogens with one attached hydrogen (secondary N) is 2. The monoisotopic (exact) mass is 479 g/mol. The van der Waals surface area contributed by atoms with E-state index in [0.29, 0.717) is 5.69 Å². The third kappa shape index (κ3) is 4.43. The van der Waals surface area contributed by atoms with E-state index in [0.717, 1.165) is 30.3 Å². The van der Waals surface area contributed by atoms with Crippen LogP contribution >= 0.6 is 0 Å². The van der Waals surface area contributed by atoms with Gasteiger partial charge in [-0.1, -0.05) is 0 Å². The molecule has 0 radical (unpaired) electrons. The maximum absolute atomic E-state index is 12.8. The summed E-state index contributed by atoms with van der Waals surface area (Å²) in [5.74, 6) is -1.09. The number of nitro groups is 1. The number of sulfonamides is 1. The fraction of sp³-hybridized carbons (Fsp3) is 0.0500. The number of furan rings is 1. The molecular weight excluding hydrogens is 467 g/mol. The van der Waals surface area contributed by atoms with Crippen molar-refractivity contribution in [2.45, 2.75) is 11.1 Å². The number of carbonyl (C=O) groups is 1. The number of rotatable bonds is 5. The van der Waals surface area contributed by atoms with Crippen LogP contribution in [0, 0.1) is 10.1 Å². The van der Waals surface area contributed by atoms with E-state index in [1.807, 2.05) is 0 Å². The van der Waals surface area contributed by atoms with Gasteiger partial charge in [0, 0.05) is 16.9 Å². The van der Waals surface area contributed by atoms with Crippen LogP contribution < -0.4 is 10.0 Å². The van der Waals surface area contributed by atoms with Crippen LogP contribution in [0.25, 0.3) is 11.6 Å². The number of hydrogen-bond acceptors (Lipinski definition) is 6. The number of carbonyl (C=O) groups excluding carboxylic acids is 1. The van der Waals surface area contributed by atoms with Crippen LogP contribution in [0.1, 0.15) is 16.9 Å². The zero-order valence-corrected chi connectivity index (χ0v) is 17.0.